The molecule has 2 rings (SSSR count). The molecule has 0 spiro atoms. The maximum atomic E-state index is 6.12. The summed E-state index contributed by atoms with van der Waals surface area (Å²) in [6.45, 7) is 0.824. The van der Waals surface area contributed by atoms with E-state index < -0.39 is 0 Å². The van der Waals surface area contributed by atoms with Gasteiger partial charge in [-0.05, 0) is 46.5 Å². The summed E-state index contributed by atoms with van der Waals surface area (Å²) >= 11 is 5.12. The molecule has 0 bridgehead atoms. The molecule has 1 aliphatic heterocycles. The molecule has 2 heterocycles. The summed E-state index contributed by atoms with van der Waals surface area (Å²) in [7, 11) is 0. The quantitative estimate of drug-likeness (QED) is 0.898. The molecular formula is C10H12BrNOS. The highest BCUT2D eigenvalue weighted by molar-refractivity contribution is 9.11. The third kappa shape index (κ3) is 2.19. The summed E-state index contributed by atoms with van der Waals surface area (Å²) in [6.07, 6.45) is 3.95. The summed E-state index contributed by atoms with van der Waals surface area (Å²) in [5, 5.41) is 0. The van der Waals surface area contributed by atoms with E-state index in [1.54, 1.807) is 11.3 Å². The van der Waals surface area contributed by atoms with Crippen LogP contribution in [0.15, 0.2) is 27.8 Å². The van der Waals surface area contributed by atoms with Gasteiger partial charge in [0, 0.05) is 4.88 Å². The van der Waals surface area contributed by atoms with Gasteiger partial charge in [0.2, 0.25) is 0 Å². The van der Waals surface area contributed by atoms with Gasteiger partial charge in [0.25, 0.3) is 0 Å². The fourth-order valence-corrected chi connectivity index (χ4v) is 2.96. The molecule has 0 amide bonds. The zero-order valence-corrected chi connectivity index (χ0v) is 10.1. The minimum absolute atomic E-state index is 0.00611. The maximum absolute atomic E-state index is 6.12. The van der Waals surface area contributed by atoms with E-state index in [2.05, 4.69) is 22.0 Å². The smallest absolute Gasteiger partial charge is 0.0876 e. The summed E-state index contributed by atoms with van der Waals surface area (Å²) in [4.78, 5) is 1.19. The highest BCUT2D eigenvalue weighted by atomic mass is 79.9. The van der Waals surface area contributed by atoms with Gasteiger partial charge in [-0.1, -0.05) is 0 Å². The molecule has 1 aromatic heterocycles. The number of rotatable bonds is 2. The van der Waals surface area contributed by atoms with Gasteiger partial charge in [-0.3, -0.25) is 0 Å². The molecule has 2 nitrogen and oxygen atoms in total. The van der Waals surface area contributed by atoms with Crippen molar-refractivity contribution in [3.8, 4) is 0 Å². The summed E-state index contributed by atoms with van der Waals surface area (Å²) in [5.41, 5.74) is 7.32. The highest BCUT2D eigenvalue weighted by Gasteiger charge is 2.16. The Morgan fingerprint density at radius 3 is 2.93 bits per heavy atom. The van der Waals surface area contributed by atoms with E-state index >= 15 is 0 Å². The Labute approximate surface area is 95.9 Å². The number of hydrogen-bond acceptors (Lipinski definition) is 3. The predicted octanol–water partition coefficient (Wildman–Crippen LogP) is 3.20. The van der Waals surface area contributed by atoms with Gasteiger partial charge in [-0.25, -0.2) is 0 Å². The number of hydrogen-bond donors (Lipinski definition) is 1. The number of nitrogens with two attached hydrogens (primary N) is 1. The third-order valence-corrected chi connectivity index (χ3v) is 3.97. The van der Waals surface area contributed by atoms with E-state index in [-0.39, 0.29) is 6.04 Å². The molecule has 0 radical (unpaired) electrons. The van der Waals surface area contributed by atoms with Gasteiger partial charge in [-0.15, -0.1) is 11.3 Å². The summed E-state index contributed by atoms with van der Waals surface area (Å²) in [5.74, 6) is 0. The van der Waals surface area contributed by atoms with Crippen LogP contribution in [0.1, 0.15) is 23.8 Å². The normalized spacial score (nSPS) is 18.6. The largest absolute Gasteiger partial charge is 0.501 e. The molecule has 1 atom stereocenters. The predicted molar refractivity (Wildman–Crippen MR) is 62.2 cm³/mol. The monoisotopic (exact) mass is 273 g/mol. The van der Waals surface area contributed by atoms with Gasteiger partial charge in [0.15, 0.2) is 0 Å². The van der Waals surface area contributed by atoms with Crippen molar-refractivity contribution in [2.24, 2.45) is 5.73 Å². The van der Waals surface area contributed by atoms with Crippen molar-refractivity contribution in [1.29, 1.82) is 0 Å². The van der Waals surface area contributed by atoms with Crippen LogP contribution >= 0.6 is 27.3 Å². The molecule has 76 valence electrons. The van der Waals surface area contributed by atoms with E-state index in [4.69, 9.17) is 10.5 Å². The number of thiophene rings is 1. The van der Waals surface area contributed by atoms with E-state index in [9.17, 15) is 0 Å². The van der Waals surface area contributed by atoms with Crippen molar-refractivity contribution < 1.29 is 4.74 Å². The zero-order chi connectivity index (χ0) is 9.97. The molecule has 0 aliphatic carbocycles. The highest BCUT2D eigenvalue weighted by Crippen LogP contribution is 2.32. The first kappa shape index (κ1) is 10.2. The lowest BCUT2D eigenvalue weighted by Crippen LogP contribution is -2.15. The second kappa shape index (κ2) is 4.47. The topological polar surface area (TPSA) is 35.2 Å². The van der Waals surface area contributed by atoms with Gasteiger partial charge in [0.1, 0.15) is 0 Å². The summed E-state index contributed by atoms with van der Waals surface area (Å²) < 4.78 is 6.41. The second-order valence-electron chi connectivity index (χ2n) is 3.29. The molecule has 0 saturated heterocycles. The van der Waals surface area contributed by atoms with Crippen LogP contribution in [0.4, 0.5) is 0 Å². The van der Waals surface area contributed by atoms with Crippen LogP contribution in [0.5, 0.6) is 0 Å². The van der Waals surface area contributed by atoms with Gasteiger partial charge in [-0.2, -0.15) is 0 Å². The Bertz CT molecular complexity index is 348. The van der Waals surface area contributed by atoms with Crippen LogP contribution in [0.25, 0.3) is 0 Å². The molecule has 14 heavy (non-hydrogen) atoms. The van der Waals surface area contributed by atoms with E-state index in [0.717, 1.165) is 23.2 Å². The van der Waals surface area contributed by atoms with Crippen LogP contribution in [0.3, 0.4) is 0 Å². The fraction of sp³-hybridized carbons (Fsp3) is 0.400. The molecule has 1 aliphatic rings. The number of ether oxygens (including phenoxy) is 1. The van der Waals surface area contributed by atoms with E-state index in [1.165, 1.54) is 10.5 Å². The molecule has 0 saturated carbocycles. The molecule has 4 heteroatoms. The molecular weight excluding hydrogens is 262 g/mol. The Hall–Kier alpha value is -0.320. The van der Waals surface area contributed by atoms with Gasteiger partial charge < -0.3 is 10.5 Å². The lowest BCUT2D eigenvalue weighted by Gasteiger charge is -2.18. The van der Waals surface area contributed by atoms with E-state index in [1.807, 2.05) is 12.3 Å². The van der Waals surface area contributed by atoms with Crippen molar-refractivity contribution in [2.45, 2.75) is 18.9 Å². The van der Waals surface area contributed by atoms with Gasteiger partial charge in [0.05, 0.1) is 22.7 Å². The third-order valence-electron chi connectivity index (χ3n) is 2.26. The molecule has 1 unspecified atom stereocenters. The summed E-state index contributed by atoms with van der Waals surface area (Å²) in [6, 6.07) is 4.10. The van der Waals surface area contributed by atoms with Crippen LogP contribution in [-0.4, -0.2) is 6.61 Å². The molecule has 1 aromatic rings. The van der Waals surface area contributed by atoms with Crippen LogP contribution < -0.4 is 5.73 Å². The first-order valence-electron chi connectivity index (χ1n) is 4.59. The lowest BCUT2D eigenvalue weighted by molar-refractivity contribution is 0.221. The maximum Gasteiger partial charge on any atom is 0.0876 e. The molecule has 2 N–H and O–H groups in total. The fourth-order valence-electron chi connectivity index (χ4n) is 1.49. The lowest BCUT2D eigenvalue weighted by atomic mass is 10.0. The standard InChI is InChI=1S/C10H12BrNOS/c11-9-4-3-8(14-9)10(12)7-2-1-5-13-6-7/h3-4,6,10H,1-2,5,12H2. The average Bonchev–Trinajstić information content (AvgIpc) is 2.65. The zero-order valence-electron chi connectivity index (χ0n) is 7.70. The van der Waals surface area contributed by atoms with Crippen molar-refractivity contribution in [1.82, 2.24) is 0 Å². The minimum atomic E-state index is 0.00611. The first-order chi connectivity index (χ1) is 6.77. The molecule has 0 aromatic carbocycles. The Balaban J connectivity index is 2.14. The first-order valence-corrected chi connectivity index (χ1v) is 6.19. The van der Waals surface area contributed by atoms with E-state index in [0.29, 0.717) is 0 Å². The Morgan fingerprint density at radius 1 is 1.50 bits per heavy atom. The van der Waals surface area contributed by atoms with Crippen LogP contribution in [0.2, 0.25) is 0 Å². The van der Waals surface area contributed by atoms with Crippen molar-refractivity contribution >= 4 is 27.3 Å². The average molecular weight is 274 g/mol. The van der Waals surface area contributed by atoms with Crippen molar-refractivity contribution in [3.05, 3.63) is 32.6 Å². The minimum Gasteiger partial charge on any atom is -0.501 e. The Kier molecular flexibility index (Phi) is 3.26. The number of halogens is 1. The molecule has 0 fully saturated rings. The SMILES string of the molecule is NC(C1=COCCC1)c1ccc(Br)s1. The van der Waals surface area contributed by atoms with Crippen molar-refractivity contribution in [3.63, 3.8) is 0 Å². The van der Waals surface area contributed by atoms with Crippen molar-refractivity contribution in [2.75, 3.05) is 6.61 Å². The van der Waals surface area contributed by atoms with Crippen LogP contribution in [0, 0.1) is 0 Å². The Morgan fingerprint density at radius 2 is 2.36 bits per heavy atom. The second-order valence-corrected chi connectivity index (χ2v) is 5.78. The van der Waals surface area contributed by atoms with Gasteiger partial charge >= 0.3 is 0 Å². The van der Waals surface area contributed by atoms with Crippen LogP contribution in [-0.2, 0) is 4.74 Å².